The van der Waals surface area contributed by atoms with Crippen LogP contribution >= 0.6 is 0 Å². The van der Waals surface area contributed by atoms with E-state index in [4.69, 9.17) is 4.74 Å². The van der Waals surface area contributed by atoms with Crippen LogP contribution in [0.3, 0.4) is 0 Å². The fourth-order valence-electron chi connectivity index (χ4n) is 3.05. The summed E-state index contributed by atoms with van der Waals surface area (Å²) in [5.41, 5.74) is 3.69. The fraction of sp³-hybridized carbons (Fsp3) is 0.273. The Balaban J connectivity index is 1.52. The Hall–Kier alpha value is -3.68. The summed E-state index contributed by atoms with van der Waals surface area (Å²) in [6.07, 6.45) is -1.13. The first kappa shape index (κ1) is 21.0. The number of amides is 1. The molecule has 0 radical (unpaired) electrons. The van der Waals surface area contributed by atoms with E-state index in [0.29, 0.717) is 22.3 Å². The molecule has 30 heavy (non-hydrogen) atoms. The van der Waals surface area contributed by atoms with Crippen LogP contribution in [-0.4, -0.2) is 33.7 Å². The number of esters is 1. The standard InChI is InChI=1S/C22H23N3O5/c1-12-4-5-13(2)16(10-12)19(26)8-9-20(27)30-14(3)21(28)23-15-6-7-17-18(11-15)25-22(29)24-17/h4-7,10-11,14H,8-9H2,1-3H3,(H,23,28)(H2,24,25,29)/t14-/m0/s1. The van der Waals surface area contributed by atoms with Crippen molar-refractivity contribution in [3.63, 3.8) is 0 Å². The number of aromatic amines is 2. The number of aryl methyl sites for hydroxylation is 2. The van der Waals surface area contributed by atoms with Crippen molar-refractivity contribution in [2.45, 2.75) is 39.7 Å². The molecular weight excluding hydrogens is 386 g/mol. The molecule has 0 fully saturated rings. The number of hydrogen-bond acceptors (Lipinski definition) is 5. The third-order valence-corrected chi connectivity index (χ3v) is 4.71. The summed E-state index contributed by atoms with van der Waals surface area (Å²) in [6, 6.07) is 10.5. The molecule has 0 unspecified atom stereocenters. The second-order valence-electron chi connectivity index (χ2n) is 7.20. The van der Waals surface area contributed by atoms with Crippen LogP contribution in [0.1, 0.15) is 41.3 Å². The minimum absolute atomic E-state index is 0.00891. The minimum Gasteiger partial charge on any atom is -0.453 e. The van der Waals surface area contributed by atoms with Crippen LogP contribution in [0.25, 0.3) is 11.0 Å². The average molecular weight is 409 g/mol. The van der Waals surface area contributed by atoms with Gasteiger partial charge in [0.1, 0.15) is 0 Å². The first-order chi connectivity index (χ1) is 14.2. The number of anilines is 1. The lowest BCUT2D eigenvalue weighted by Gasteiger charge is -2.13. The molecule has 8 nitrogen and oxygen atoms in total. The normalized spacial score (nSPS) is 11.8. The fourth-order valence-corrected chi connectivity index (χ4v) is 3.05. The van der Waals surface area contributed by atoms with E-state index in [1.54, 1.807) is 24.3 Å². The first-order valence-corrected chi connectivity index (χ1v) is 9.56. The monoisotopic (exact) mass is 409 g/mol. The van der Waals surface area contributed by atoms with E-state index >= 15 is 0 Å². The van der Waals surface area contributed by atoms with Gasteiger partial charge in [0.2, 0.25) is 0 Å². The van der Waals surface area contributed by atoms with Crippen LogP contribution in [0.2, 0.25) is 0 Å². The molecule has 0 saturated heterocycles. The second kappa shape index (κ2) is 8.77. The number of ether oxygens (including phenoxy) is 1. The molecular formula is C22H23N3O5. The molecule has 2 aromatic carbocycles. The maximum atomic E-state index is 12.4. The van der Waals surface area contributed by atoms with Crippen molar-refractivity contribution in [2.75, 3.05) is 5.32 Å². The number of Topliss-reactive ketones (excluding diaryl/α,β-unsaturated/α-hetero) is 1. The molecule has 8 heteroatoms. The zero-order valence-electron chi connectivity index (χ0n) is 17.0. The van der Waals surface area contributed by atoms with E-state index in [-0.39, 0.29) is 24.3 Å². The molecule has 1 heterocycles. The Labute approximate surface area is 172 Å². The Kier molecular flexibility index (Phi) is 6.15. The number of rotatable bonds is 7. The van der Waals surface area contributed by atoms with Gasteiger partial charge >= 0.3 is 11.7 Å². The van der Waals surface area contributed by atoms with Gasteiger partial charge in [-0.05, 0) is 50.6 Å². The molecule has 0 spiro atoms. The molecule has 3 rings (SSSR count). The van der Waals surface area contributed by atoms with Gasteiger partial charge in [0.15, 0.2) is 11.9 Å². The lowest BCUT2D eigenvalue weighted by Crippen LogP contribution is -2.30. The van der Waals surface area contributed by atoms with Gasteiger partial charge in [-0.1, -0.05) is 17.7 Å². The second-order valence-corrected chi connectivity index (χ2v) is 7.20. The summed E-state index contributed by atoms with van der Waals surface area (Å²) in [5, 5.41) is 2.63. The van der Waals surface area contributed by atoms with Crippen molar-refractivity contribution in [1.82, 2.24) is 9.97 Å². The maximum absolute atomic E-state index is 12.4. The van der Waals surface area contributed by atoms with Crippen LogP contribution in [0.4, 0.5) is 5.69 Å². The molecule has 1 amide bonds. The Morgan fingerprint density at radius 1 is 1.00 bits per heavy atom. The van der Waals surface area contributed by atoms with E-state index in [1.807, 2.05) is 26.0 Å². The van der Waals surface area contributed by atoms with Crippen molar-refractivity contribution in [3.05, 3.63) is 63.6 Å². The van der Waals surface area contributed by atoms with Crippen molar-refractivity contribution < 1.29 is 19.1 Å². The maximum Gasteiger partial charge on any atom is 0.323 e. The molecule has 3 N–H and O–H groups in total. The lowest BCUT2D eigenvalue weighted by molar-refractivity contribution is -0.153. The predicted octanol–water partition coefficient (Wildman–Crippen LogP) is 3.01. The molecule has 0 aliphatic rings. The highest BCUT2D eigenvalue weighted by atomic mass is 16.5. The highest BCUT2D eigenvalue weighted by Gasteiger charge is 2.19. The number of H-pyrrole nitrogens is 2. The van der Waals surface area contributed by atoms with Gasteiger partial charge in [-0.25, -0.2) is 4.79 Å². The quantitative estimate of drug-likeness (QED) is 0.409. The number of hydrogen-bond donors (Lipinski definition) is 3. The van der Waals surface area contributed by atoms with Crippen LogP contribution in [0, 0.1) is 13.8 Å². The van der Waals surface area contributed by atoms with Crippen molar-refractivity contribution in [2.24, 2.45) is 0 Å². The molecule has 0 aliphatic heterocycles. The predicted molar refractivity (Wildman–Crippen MR) is 113 cm³/mol. The SMILES string of the molecule is Cc1ccc(C)c(C(=O)CCC(=O)O[C@@H](C)C(=O)Nc2ccc3[nH]c(=O)[nH]c3c2)c1. The van der Waals surface area contributed by atoms with E-state index in [2.05, 4.69) is 15.3 Å². The third kappa shape index (κ3) is 5.02. The number of ketones is 1. The number of carbonyl (C=O) groups excluding carboxylic acids is 3. The Morgan fingerprint density at radius 3 is 2.50 bits per heavy atom. The number of carbonyl (C=O) groups is 3. The largest absolute Gasteiger partial charge is 0.453 e. The van der Waals surface area contributed by atoms with Gasteiger partial charge < -0.3 is 20.0 Å². The summed E-state index contributed by atoms with van der Waals surface area (Å²) in [5.74, 6) is -1.28. The van der Waals surface area contributed by atoms with Gasteiger partial charge in [0.05, 0.1) is 17.5 Å². The van der Waals surface area contributed by atoms with Crippen LogP contribution in [0.15, 0.2) is 41.2 Å². The van der Waals surface area contributed by atoms with Crippen molar-refractivity contribution in [1.29, 1.82) is 0 Å². The van der Waals surface area contributed by atoms with Crippen molar-refractivity contribution >= 4 is 34.4 Å². The Morgan fingerprint density at radius 2 is 1.73 bits per heavy atom. The summed E-state index contributed by atoms with van der Waals surface area (Å²) in [4.78, 5) is 53.3. The zero-order chi connectivity index (χ0) is 21.8. The lowest BCUT2D eigenvalue weighted by atomic mass is 9.99. The third-order valence-electron chi connectivity index (χ3n) is 4.71. The van der Waals surface area contributed by atoms with Gasteiger partial charge in [-0.2, -0.15) is 0 Å². The number of nitrogens with one attached hydrogen (secondary N) is 3. The summed E-state index contributed by atoms with van der Waals surface area (Å²) in [6.45, 7) is 5.20. The van der Waals surface area contributed by atoms with E-state index in [9.17, 15) is 19.2 Å². The number of fused-ring (bicyclic) bond motifs is 1. The molecule has 0 aliphatic carbocycles. The zero-order valence-corrected chi connectivity index (χ0v) is 17.0. The number of imidazole rings is 1. The van der Waals surface area contributed by atoms with Crippen LogP contribution < -0.4 is 11.0 Å². The topological polar surface area (TPSA) is 121 Å². The van der Waals surface area contributed by atoms with Gasteiger partial charge in [0.25, 0.3) is 5.91 Å². The molecule has 1 atom stereocenters. The van der Waals surface area contributed by atoms with Crippen LogP contribution in [-0.2, 0) is 14.3 Å². The molecule has 156 valence electrons. The Bertz CT molecular complexity index is 1170. The summed E-state index contributed by atoms with van der Waals surface area (Å²) < 4.78 is 5.15. The first-order valence-electron chi connectivity index (χ1n) is 9.56. The van der Waals surface area contributed by atoms with Crippen LogP contribution in [0.5, 0.6) is 0 Å². The molecule has 0 saturated carbocycles. The molecule has 1 aromatic heterocycles. The summed E-state index contributed by atoms with van der Waals surface area (Å²) >= 11 is 0. The van der Waals surface area contributed by atoms with Gasteiger partial charge in [0, 0.05) is 17.7 Å². The minimum atomic E-state index is -1.03. The van der Waals surface area contributed by atoms with Crippen molar-refractivity contribution in [3.8, 4) is 0 Å². The van der Waals surface area contributed by atoms with Gasteiger partial charge in [-0.3, -0.25) is 14.4 Å². The number of aromatic nitrogens is 2. The van der Waals surface area contributed by atoms with E-state index < -0.39 is 18.0 Å². The molecule has 3 aromatic rings. The van der Waals surface area contributed by atoms with Gasteiger partial charge in [-0.15, -0.1) is 0 Å². The van der Waals surface area contributed by atoms with E-state index in [1.165, 1.54) is 6.92 Å². The number of benzene rings is 2. The van der Waals surface area contributed by atoms with E-state index in [0.717, 1.165) is 11.1 Å². The highest BCUT2D eigenvalue weighted by Crippen LogP contribution is 2.16. The average Bonchev–Trinajstić information content (AvgIpc) is 3.07. The smallest absolute Gasteiger partial charge is 0.323 e. The highest BCUT2D eigenvalue weighted by molar-refractivity contribution is 5.99. The summed E-state index contributed by atoms with van der Waals surface area (Å²) in [7, 11) is 0. The molecule has 0 bridgehead atoms.